The maximum absolute atomic E-state index is 5.75. The Morgan fingerprint density at radius 2 is 1.00 bits per heavy atom. The van der Waals surface area contributed by atoms with E-state index in [1.54, 1.807) is 0 Å². The molecule has 4 N–H and O–H groups in total. The second-order valence-electron chi connectivity index (χ2n) is 4.87. The Labute approximate surface area is 83.1 Å². The molecule has 0 saturated carbocycles. The van der Waals surface area contributed by atoms with Crippen LogP contribution in [0.25, 0.3) is 0 Å². The molecule has 0 aliphatic rings. The van der Waals surface area contributed by atoms with E-state index in [4.69, 9.17) is 11.5 Å². The van der Waals surface area contributed by atoms with Crippen molar-refractivity contribution in [1.29, 1.82) is 0 Å². The number of hydrogen-bond donors (Lipinski definition) is 2. The first-order valence-electron chi connectivity index (χ1n) is 5.43. The molecule has 0 aromatic carbocycles. The quantitative estimate of drug-likeness (QED) is 0.667. The maximum Gasteiger partial charge on any atom is 0.00130 e. The van der Waals surface area contributed by atoms with E-state index in [0.717, 1.165) is 24.7 Å². The molecule has 80 valence electrons. The van der Waals surface area contributed by atoms with Crippen molar-refractivity contribution >= 4 is 0 Å². The molecule has 0 spiro atoms. The summed E-state index contributed by atoms with van der Waals surface area (Å²) in [7, 11) is 0. The monoisotopic (exact) mass is 186 g/mol. The minimum atomic E-state index is 0.331. The van der Waals surface area contributed by atoms with Gasteiger partial charge in [-0.1, -0.05) is 13.8 Å². The average molecular weight is 186 g/mol. The minimum absolute atomic E-state index is 0.331. The van der Waals surface area contributed by atoms with E-state index in [1.807, 2.05) is 0 Å². The highest BCUT2D eigenvalue weighted by Crippen LogP contribution is 2.19. The molecule has 4 atom stereocenters. The summed E-state index contributed by atoms with van der Waals surface area (Å²) in [5.41, 5.74) is 11.5. The lowest BCUT2D eigenvalue weighted by molar-refractivity contribution is 0.349. The number of hydrogen-bond acceptors (Lipinski definition) is 2. The van der Waals surface area contributed by atoms with Gasteiger partial charge >= 0.3 is 0 Å². The maximum atomic E-state index is 5.75. The molecule has 0 heterocycles. The number of nitrogens with two attached hydrogens (primary N) is 2. The van der Waals surface area contributed by atoms with Crippen molar-refractivity contribution < 1.29 is 0 Å². The Hall–Kier alpha value is -0.0800. The highest BCUT2D eigenvalue weighted by Gasteiger charge is 2.11. The van der Waals surface area contributed by atoms with Crippen molar-refractivity contribution in [3.8, 4) is 0 Å². The average Bonchev–Trinajstić information content (AvgIpc) is 1.80. The standard InChI is InChI=1S/C11H26N2/c1-8(6-10(3)12)5-9(2)7-11(4)13/h8-11H,5-7,12-13H2,1-4H3. The first-order valence-corrected chi connectivity index (χ1v) is 5.43. The lowest BCUT2D eigenvalue weighted by Gasteiger charge is -2.20. The van der Waals surface area contributed by atoms with E-state index >= 15 is 0 Å². The summed E-state index contributed by atoms with van der Waals surface area (Å²) in [4.78, 5) is 0. The number of rotatable bonds is 6. The van der Waals surface area contributed by atoms with Crippen molar-refractivity contribution in [3.63, 3.8) is 0 Å². The fourth-order valence-corrected chi connectivity index (χ4v) is 2.15. The Bertz CT molecular complexity index is 107. The van der Waals surface area contributed by atoms with Gasteiger partial charge in [-0.2, -0.15) is 0 Å². The Kier molecular flexibility index (Phi) is 6.35. The molecule has 0 radical (unpaired) electrons. The van der Waals surface area contributed by atoms with E-state index in [-0.39, 0.29) is 0 Å². The van der Waals surface area contributed by atoms with Crippen LogP contribution in [0.4, 0.5) is 0 Å². The van der Waals surface area contributed by atoms with Crippen LogP contribution in [-0.4, -0.2) is 12.1 Å². The molecular formula is C11H26N2. The van der Waals surface area contributed by atoms with Crippen LogP contribution in [0.15, 0.2) is 0 Å². The van der Waals surface area contributed by atoms with Gasteiger partial charge in [-0.3, -0.25) is 0 Å². The SMILES string of the molecule is CC(N)CC(C)CC(C)CC(C)N. The van der Waals surface area contributed by atoms with Crippen molar-refractivity contribution in [1.82, 2.24) is 0 Å². The second kappa shape index (κ2) is 6.39. The first kappa shape index (κ1) is 12.9. The van der Waals surface area contributed by atoms with Crippen LogP contribution < -0.4 is 11.5 Å². The summed E-state index contributed by atoms with van der Waals surface area (Å²) in [6.45, 7) is 8.71. The van der Waals surface area contributed by atoms with E-state index < -0.39 is 0 Å². The van der Waals surface area contributed by atoms with E-state index in [1.165, 1.54) is 6.42 Å². The van der Waals surface area contributed by atoms with Crippen LogP contribution in [-0.2, 0) is 0 Å². The highest BCUT2D eigenvalue weighted by atomic mass is 14.6. The van der Waals surface area contributed by atoms with E-state index in [0.29, 0.717) is 12.1 Å². The fraction of sp³-hybridized carbons (Fsp3) is 1.00. The molecule has 2 heteroatoms. The molecule has 0 saturated heterocycles. The van der Waals surface area contributed by atoms with Crippen LogP contribution in [0.1, 0.15) is 47.0 Å². The van der Waals surface area contributed by atoms with E-state index in [2.05, 4.69) is 27.7 Å². The van der Waals surface area contributed by atoms with Gasteiger partial charge in [0, 0.05) is 12.1 Å². The second-order valence-corrected chi connectivity index (χ2v) is 4.87. The van der Waals surface area contributed by atoms with Gasteiger partial charge in [-0.15, -0.1) is 0 Å². The van der Waals surface area contributed by atoms with Gasteiger partial charge in [0.05, 0.1) is 0 Å². The molecule has 2 nitrogen and oxygen atoms in total. The van der Waals surface area contributed by atoms with Crippen LogP contribution in [0.5, 0.6) is 0 Å². The van der Waals surface area contributed by atoms with Gasteiger partial charge in [-0.05, 0) is 44.9 Å². The first-order chi connectivity index (χ1) is 5.91. The van der Waals surface area contributed by atoms with Crippen molar-refractivity contribution in [2.24, 2.45) is 23.3 Å². The van der Waals surface area contributed by atoms with Crippen LogP contribution >= 0.6 is 0 Å². The Morgan fingerprint density at radius 3 is 1.23 bits per heavy atom. The lowest BCUT2D eigenvalue weighted by atomic mass is 9.89. The van der Waals surface area contributed by atoms with Gasteiger partial charge in [0.15, 0.2) is 0 Å². The Morgan fingerprint density at radius 1 is 0.692 bits per heavy atom. The highest BCUT2D eigenvalue weighted by molar-refractivity contribution is 4.67. The third kappa shape index (κ3) is 8.26. The smallest absolute Gasteiger partial charge is 0.00130 e. The van der Waals surface area contributed by atoms with Crippen LogP contribution in [0, 0.1) is 11.8 Å². The van der Waals surface area contributed by atoms with Gasteiger partial charge < -0.3 is 11.5 Å². The molecule has 0 fully saturated rings. The van der Waals surface area contributed by atoms with Gasteiger partial charge in [-0.25, -0.2) is 0 Å². The third-order valence-corrected chi connectivity index (χ3v) is 2.35. The topological polar surface area (TPSA) is 52.0 Å². The van der Waals surface area contributed by atoms with Crippen molar-refractivity contribution in [2.45, 2.75) is 59.0 Å². The predicted molar refractivity (Wildman–Crippen MR) is 59.5 cm³/mol. The summed E-state index contributed by atoms with van der Waals surface area (Å²) in [6.07, 6.45) is 3.51. The van der Waals surface area contributed by atoms with E-state index in [9.17, 15) is 0 Å². The zero-order valence-corrected chi connectivity index (χ0v) is 9.59. The largest absolute Gasteiger partial charge is 0.328 e. The predicted octanol–water partition coefficient (Wildman–Crippen LogP) is 2.12. The molecule has 0 bridgehead atoms. The third-order valence-electron chi connectivity index (χ3n) is 2.35. The Balaban J connectivity index is 3.58. The van der Waals surface area contributed by atoms with Gasteiger partial charge in [0.1, 0.15) is 0 Å². The molecule has 0 rings (SSSR count). The molecule has 0 aromatic rings. The normalized spacial score (nSPS) is 20.8. The van der Waals surface area contributed by atoms with Gasteiger partial charge in [0.25, 0.3) is 0 Å². The minimum Gasteiger partial charge on any atom is -0.328 e. The fourth-order valence-electron chi connectivity index (χ4n) is 2.15. The van der Waals surface area contributed by atoms with Gasteiger partial charge in [0.2, 0.25) is 0 Å². The molecule has 0 aliphatic heterocycles. The summed E-state index contributed by atoms with van der Waals surface area (Å²) >= 11 is 0. The lowest BCUT2D eigenvalue weighted by Crippen LogP contribution is -2.22. The molecule has 4 unspecified atom stereocenters. The van der Waals surface area contributed by atoms with Crippen LogP contribution in [0.2, 0.25) is 0 Å². The van der Waals surface area contributed by atoms with Crippen molar-refractivity contribution in [3.05, 3.63) is 0 Å². The summed E-state index contributed by atoms with van der Waals surface area (Å²) in [6, 6.07) is 0.662. The summed E-state index contributed by atoms with van der Waals surface area (Å²) < 4.78 is 0. The molecule has 0 aliphatic carbocycles. The zero-order valence-electron chi connectivity index (χ0n) is 9.59. The summed E-state index contributed by atoms with van der Waals surface area (Å²) in [5.74, 6) is 1.46. The van der Waals surface area contributed by atoms with Crippen molar-refractivity contribution in [2.75, 3.05) is 0 Å². The molecule has 0 amide bonds. The zero-order chi connectivity index (χ0) is 10.4. The molecular weight excluding hydrogens is 160 g/mol. The summed E-state index contributed by atoms with van der Waals surface area (Å²) in [5, 5.41) is 0. The molecule has 0 aromatic heterocycles. The molecule has 13 heavy (non-hydrogen) atoms. The van der Waals surface area contributed by atoms with Crippen LogP contribution in [0.3, 0.4) is 0 Å².